The Morgan fingerprint density at radius 2 is 1.86 bits per heavy atom. The molecule has 0 N–H and O–H groups in total. The van der Waals surface area contributed by atoms with Crippen LogP contribution in [-0.4, -0.2) is 18.0 Å². The van der Waals surface area contributed by atoms with Crippen molar-refractivity contribution in [3.8, 4) is 0 Å². The summed E-state index contributed by atoms with van der Waals surface area (Å²) in [6, 6.07) is 6.30. The molecular formula is C12H18ClN. The highest BCUT2D eigenvalue weighted by molar-refractivity contribution is 6.31. The molecule has 0 aromatic heterocycles. The smallest absolute Gasteiger partial charge is 0.0438 e. The van der Waals surface area contributed by atoms with Crippen molar-refractivity contribution >= 4 is 11.6 Å². The van der Waals surface area contributed by atoms with Crippen LogP contribution in [0.3, 0.4) is 0 Å². The number of benzene rings is 1. The zero-order valence-corrected chi connectivity index (χ0v) is 9.93. The third kappa shape index (κ3) is 3.00. The van der Waals surface area contributed by atoms with Crippen LogP contribution < -0.4 is 0 Å². The summed E-state index contributed by atoms with van der Waals surface area (Å²) in [6.45, 7) is 9.55. The van der Waals surface area contributed by atoms with Gasteiger partial charge in [-0.1, -0.05) is 37.6 Å². The second-order valence-electron chi connectivity index (χ2n) is 3.54. The standard InChI is InChI=1S/C12H18ClN/c1-4-14(5-2)9-11-7-6-10(3)12(13)8-11/h6-8H,4-5,9H2,1-3H3. The second kappa shape index (κ2) is 5.38. The normalized spacial score (nSPS) is 10.9. The lowest BCUT2D eigenvalue weighted by atomic mass is 10.1. The summed E-state index contributed by atoms with van der Waals surface area (Å²) < 4.78 is 0. The Balaban J connectivity index is 2.72. The molecule has 1 nitrogen and oxygen atoms in total. The first-order valence-electron chi connectivity index (χ1n) is 5.14. The summed E-state index contributed by atoms with van der Waals surface area (Å²) in [5.74, 6) is 0. The van der Waals surface area contributed by atoms with E-state index >= 15 is 0 Å². The van der Waals surface area contributed by atoms with Gasteiger partial charge in [0, 0.05) is 11.6 Å². The molecule has 0 aliphatic rings. The predicted octanol–water partition coefficient (Wildman–Crippen LogP) is 3.49. The summed E-state index contributed by atoms with van der Waals surface area (Å²) in [7, 11) is 0. The quantitative estimate of drug-likeness (QED) is 0.737. The number of hydrogen-bond acceptors (Lipinski definition) is 1. The molecule has 1 aromatic carbocycles. The topological polar surface area (TPSA) is 3.24 Å². The first-order valence-corrected chi connectivity index (χ1v) is 5.52. The average molecular weight is 212 g/mol. The maximum atomic E-state index is 6.07. The largest absolute Gasteiger partial charge is 0.300 e. The van der Waals surface area contributed by atoms with Crippen LogP contribution >= 0.6 is 11.6 Å². The number of rotatable bonds is 4. The van der Waals surface area contributed by atoms with Crippen LogP contribution in [0.5, 0.6) is 0 Å². The van der Waals surface area contributed by atoms with Crippen LogP contribution in [0.15, 0.2) is 18.2 Å². The molecule has 0 fully saturated rings. The lowest BCUT2D eigenvalue weighted by Crippen LogP contribution is -2.22. The van der Waals surface area contributed by atoms with E-state index < -0.39 is 0 Å². The third-order valence-electron chi connectivity index (χ3n) is 2.54. The van der Waals surface area contributed by atoms with Crippen LogP contribution in [-0.2, 0) is 6.54 Å². The van der Waals surface area contributed by atoms with Crippen molar-refractivity contribution < 1.29 is 0 Å². The highest BCUT2D eigenvalue weighted by Gasteiger charge is 2.02. The Bertz CT molecular complexity index is 292. The highest BCUT2D eigenvalue weighted by Crippen LogP contribution is 2.17. The fraction of sp³-hybridized carbons (Fsp3) is 0.500. The van der Waals surface area contributed by atoms with Gasteiger partial charge < -0.3 is 0 Å². The summed E-state index contributed by atoms with van der Waals surface area (Å²) in [6.07, 6.45) is 0. The maximum Gasteiger partial charge on any atom is 0.0438 e. The number of aryl methyl sites for hydroxylation is 1. The summed E-state index contributed by atoms with van der Waals surface area (Å²) in [5, 5.41) is 0.870. The van der Waals surface area contributed by atoms with Gasteiger partial charge in [-0.25, -0.2) is 0 Å². The van der Waals surface area contributed by atoms with Crippen LogP contribution in [0.25, 0.3) is 0 Å². The Labute approximate surface area is 91.7 Å². The van der Waals surface area contributed by atoms with Crippen molar-refractivity contribution in [3.05, 3.63) is 34.3 Å². The molecule has 0 atom stereocenters. The molecule has 0 amide bonds. The van der Waals surface area contributed by atoms with Crippen molar-refractivity contribution in [2.75, 3.05) is 13.1 Å². The van der Waals surface area contributed by atoms with Crippen molar-refractivity contribution in [2.45, 2.75) is 27.3 Å². The molecule has 0 heterocycles. The molecule has 0 saturated heterocycles. The predicted molar refractivity (Wildman–Crippen MR) is 62.8 cm³/mol. The maximum absolute atomic E-state index is 6.07. The van der Waals surface area contributed by atoms with Gasteiger partial charge in [-0.05, 0) is 37.2 Å². The van der Waals surface area contributed by atoms with Gasteiger partial charge in [0.25, 0.3) is 0 Å². The van der Waals surface area contributed by atoms with E-state index in [1.165, 1.54) is 5.56 Å². The molecule has 14 heavy (non-hydrogen) atoms. The lowest BCUT2D eigenvalue weighted by Gasteiger charge is -2.18. The second-order valence-corrected chi connectivity index (χ2v) is 3.95. The molecule has 0 aliphatic heterocycles. The molecule has 1 rings (SSSR count). The Kier molecular flexibility index (Phi) is 4.43. The van der Waals surface area contributed by atoms with Crippen molar-refractivity contribution in [3.63, 3.8) is 0 Å². The third-order valence-corrected chi connectivity index (χ3v) is 2.94. The Hall–Kier alpha value is -0.530. The minimum absolute atomic E-state index is 0.870. The van der Waals surface area contributed by atoms with E-state index in [1.807, 2.05) is 6.92 Å². The van der Waals surface area contributed by atoms with Gasteiger partial charge in [0.15, 0.2) is 0 Å². The van der Waals surface area contributed by atoms with E-state index in [2.05, 4.69) is 36.9 Å². The van der Waals surface area contributed by atoms with Gasteiger partial charge in [-0.2, -0.15) is 0 Å². The molecule has 0 spiro atoms. The zero-order valence-electron chi connectivity index (χ0n) is 9.18. The summed E-state index contributed by atoms with van der Waals surface area (Å²) >= 11 is 6.07. The molecule has 0 radical (unpaired) electrons. The Morgan fingerprint density at radius 3 is 2.36 bits per heavy atom. The van der Waals surface area contributed by atoms with Crippen LogP contribution in [0, 0.1) is 6.92 Å². The van der Waals surface area contributed by atoms with Crippen molar-refractivity contribution in [2.24, 2.45) is 0 Å². The van der Waals surface area contributed by atoms with Crippen LogP contribution in [0.4, 0.5) is 0 Å². The molecule has 0 unspecified atom stereocenters. The average Bonchev–Trinajstić information content (AvgIpc) is 2.19. The number of nitrogens with zero attached hydrogens (tertiary/aromatic N) is 1. The number of hydrogen-bond donors (Lipinski definition) is 0. The molecule has 1 aromatic rings. The molecule has 2 heteroatoms. The lowest BCUT2D eigenvalue weighted by molar-refractivity contribution is 0.296. The summed E-state index contributed by atoms with van der Waals surface area (Å²) in [5.41, 5.74) is 2.44. The summed E-state index contributed by atoms with van der Waals surface area (Å²) in [4.78, 5) is 2.38. The highest BCUT2D eigenvalue weighted by atomic mass is 35.5. The zero-order chi connectivity index (χ0) is 10.6. The monoisotopic (exact) mass is 211 g/mol. The molecule has 0 bridgehead atoms. The van der Waals surface area contributed by atoms with Crippen LogP contribution in [0.1, 0.15) is 25.0 Å². The van der Waals surface area contributed by atoms with Gasteiger partial charge in [-0.15, -0.1) is 0 Å². The minimum atomic E-state index is 0.870. The minimum Gasteiger partial charge on any atom is -0.300 e. The van der Waals surface area contributed by atoms with Gasteiger partial charge >= 0.3 is 0 Å². The SMILES string of the molecule is CCN(CC)Cc1ccc(C)c(Cl)c1. The van der Waals surface area contributed by atoms with E-state index in [0.717, 1.165) is 30.2 Å². The molecular weight excluding hydrogens is 194 g/mol. The van der Waals surface area contributed by atoms with Gasteiger partial charge in [0.1, 0.15) is 0 Å². The molecule has 0 aliphatic carbocycles. The van der Waals surface area contributed by atoms with E-state index in [-0.39, 0.29) is 0 Å². The van der Waals surface area contributed by atoms with Crippen LogP contribution in [0.2, 0.25) is 5.02 Å². The van der Waals surface area contributed by atoms with E-state index in [0.29, 0.717) is 0 Å². The molecule has 0 saturated carbocycles. The Morgan fingerprint density at radius 1 is 1.21 bits per heavy atom. The number of halogens is 1. The fourth-order valence-electron chi connectivity index (χ4n) is 1.44. The van der Waals surface area contributed by atoms with E-state index in [9.17, 15) is 0 Å². The van der Waals surface area contributed by atoms with Crippen molar-refractivity contribution in [1.29, 1.82) is 0 Å². The molecule has 78 valence electrons. The van der Waals surface area contributed by atoms with Gasteiger partial charge in [-0.3, -0.25) is 4.90 Å². The van der Waals surface area contributed by atoms with Gasteiger partial charge in [0.05, 0.1) is 0 Å². The fourth-order valence-corrected chi connectivity index (χ4v) is 1.64. The first-order chi connectivity index (χ1) is 6.67. The van der Waals surface area contributed by atoms with E-state index in [1.54, 1.807) is 0 Å². The van der Waals surface area contributed by atoms with Gasteiger partial charge in [0.2, 0.25) is 0 Å². The van der Waals surface area contributed by atoms with Crippen molar-refractivity contribution in [1.82, 2.24) is 4.90 Å². The van der Waals surface area contributed by atoms with E-state index in [4.69, 9.17) is 11.6 Å². The first kappa shape index (κ1) is 11.5.